The van der Waals surface area contributed by atoms with Crippen LogP contribution < -0.4 is 5.32 Å². The van der Waals surface area contributed by atoms with E-state index in [9.17, 15) is 4.79 Å². The van der Waals surface area contributed by atoms with Gasteiger partial charge in [0.2, 0.25) is 0 Å². The van der Waals surface area contributed by atoms with Crippen LogP contribution >= 0.6 is 11.3 Å². The van der Waals surface area contributed by atoms with Crippen LogP contribution in [0.25, 0.3) is 0 Å². The lowest BCUT2D eigenvalue weighted by atomic mass is 9.93. The van der Waals surface area contributed by atoms with Gasteiger partial charge in [-0.3, -0.25) is 14.7 Å². The number of likely N-dealkylation sites (tertiary alicyclic amines) is 1. The maximum absolute atomic E-state index is 12.1. The van der Waals surface area contributed by atoms with E-state index in [-0.39, 0.29) is 12.0 Å². The van der Waals surface area contributed by atoms with Crippen molar-refractivity contribution in [3.63, 3.8) is 0 Å². The summed E-state index contributed by atoms with van der Waals surface area (Å²) in [7, 11) is 0. The molecule has 1 amide bonds. The molecule has 2 aromatic rings. The second-order valence-corrected chi connectivity index (χ2v) is 7.56. The molecular formula is C18H22N4O2S. The van der Waals surface area contributed by atoms with Crippen molar-refractivity contribution in [2.24, 2.45) is 11.8 Å². The van der Waals surface area contributed by atoms with Crippen molar-refractivity contribution in [1.82, 2.24) is 20.2 Å². The van der Waals surface area contributed by atoms with Crippen molar-refractivity contribution in [3.8, 4) is 0 Å². The second kappa shape index (κ2) is 7.19. The van der Waals surface area contributed by atoms with Crippen molar-refractivity contribution in [3.05, 3.63) is 46.2 Å². The summed E-state index contributed by atoms with van der Waals surface area (Å²) in [6, 6.07) is 6.15. The first-order valence-electron chi connectivity index (χ1n) is 8.62. The van der Waals surface area contributed by atoms with Gasteiger partial charge in [0, 0.05) is 49.1 Å². The summed E-state index contributed by atoms with van der Waals surface area (Å²) in [5.41, 5.74) is 4.33. The molecule has 0 saturated carbocycles. The monoisotopic (exact) mass is 358 g/mol. The molecule has 0 bridgehead atoms. The molecule has 2 saturated heterocycles. The lowest BCUT2D eigenvalue weighted by Crippen LogP contribution is -2.34. The van der Waals surface area contributed by atoms with E-state index >= 15 is 0 Å². The minimum absolute atomic E-state index is 0.0940. The van der Waals surface area contributed by atoms with Crippen molar-refractivity contribution in [2.45, 2.75) is 19.6 Å². The number of ether oxygens (including phenoxy) is 1. The predicted molar refractivity (Wildman–Crippen MR) is 95.4 cm³/mol. The van der Waals surface area contributed by atoms with Crippen molar-refractivity contribution < 1.29 is 9.53 Å². The van der Waals surface area contributed by atoms with Gasteiger partial charge in [0.05, 0.1) is 23.9 Å². The zero-order valence-corrected chi connectivity index (χ0v) is 15.0. The number of pyridine rings is 1. The molecule has 0 aliphatic carbocycles. The van der Waals surface area contributed by atoms with E-state index < -0.39 is 0 Å². The Balaban J connectivity index is 1.31. The van der Waals surface area contributed by atoms with Crippen LogP contribution in [0.2, 0.25) is 0 Å². The smallest absolute Gasteiger partial charge is 0.270 e. The number of hydrogen-bond donors (Lipinski definition) is 1. The van der Waals surface area contributed by atoms with E-state index in [1.54, 1.807) is 10.9 Å². The molecule has 25 heavy (non-hydrogen) atoms. The van der Waals surface area contributed by atoms with Crippen molar-refractivity contribution >= 4 is 17.2 Å². The quantitative estimate of drug-likeness (QED) is 0.882. The number of hydrogen-bond acceptors (Lipinski definition) is 6. The normalized spacial score (nSPS) is 25.9. The lowest BCUT2D eigenvalue weighted by molar-refractivity contribution is 0.0900. The number of nitrogens with one attached hydrogen (secondary N) is 1. The number of amides is 1. The summed E-state index contributed by atoms with van der Waals surface area (Å²) in [4.78, 5) is 23.1. The average molecular weight is 358 g/mol. The van der Waals surface area contributed by atoms with Crippen LogP contribution in [0.4, 0.5) is 0 Å². The topological polar surface area (TPSA) is 67.4 Å². The van der Waals surface area contributed by atoms with Crippen LogP contribution in [0.1, 0.15) is 21.9 Å². The van der Waals surface area contributed by atoms with Crippen molar-refractivity contribution in [1.29, 1.82) is 0 Å². The molecule has 0 unspecified atom stereocenters. The van der Waals surface area contributed by atoms with Gasteiger partial charge in [-0.05, 0) is 19.1 Å². The number of thiazole rings is 1. The van der Waals surface area contributed by atoms with Crippen LogP contribution in [0.15, 0.2) is 29.1 Å². The largest absolute Gasteiger partial charge is 0.376 e. The third kappa shape index (κ3) is 3.73. The minimum atomic E-state index is -0.0940. The zero-order chi connectivity index (χ0) is 17.2. The van der Waals surface area contributed by atoms with Gasteiger partial charge < -0.3 is 10.1 Å². The highest BCUT2D eigenvalue weighted by atomic mass is 32.1. The Morgan fingerprint density at radius 2 is 2.36 bits per heavy atom. The molecule has 3 atom stereocenters. The van der Waals surface area contributed by atoms with Gasteiger partial charge in [0.25, 0.3) is 5.91 Å². The molecule has 6 nitrogen and oxygen atoms in total. The summed E-state index contributed by atoms with van der Waals surface area (Å²) >= 11 is 1.43. The number of aromatic nitrogens is 2. The van der Waals surface area contributed by atoms with Crippen LogP contribution in [0.5, 0.6) is 0 Å². The third-order valence-electron chi connectivity index (χ3n) is 5.04. The highest BCUT2D eigenvalue weighted by Gasteiger charge is 2.43. The highest BCUT2D eigenvalue weighted by molar-refractivity contribution is 7.07. The lowest BCUT2D eigenvalue weighted by Gasteiger charge is -2.19. The number of carbonyl (C=O) groups excluding carboxylic acids is 1. The first-order valence-corrected chi connectivity index (χ1v) is 9.56. The Kier molecular flexibility index (Phi) is 4.78. The Hall–Kier alpha value is -1.83. The summed E-state index contributed by atoms with van der Waals surface area (Å²) < 4.78 is 5.98. The van der Waals surface area contributed by atoms with Gasteiger partial charge in [-0.2, -0.15) is 0 Å². The summed E-state index contributed by atoms with van der Waals surface area (Å²) in [6.45, 7) is 6.19. The Morgan fingerprint density at radius 3 is 3.16 bits per heavy atom. The fourth-order valence-corrected chi connectivity index (χ4v) is 4.31. The number of fused-ring (bicyclic) bond motifs is 1. The van der Waals surface area contributed by atoms with E-state index in [1.165, 1.54) is 11.3 Å². The van der Waals surface area contributed by atoms with Crippen LogP contribution in [-0.4, -0.2) is 53.1 Å². The first kappa shape index (κ1) is 16.6. The van der Waals surface area contributed by atoms with Gasteiger partial charge >= 0.3 is 0 Å². The molecule has 132 valence electrons. The van der Waals surface area contributed by atoms with Gasteiger partial charge in [0.1, 0.15) is 5.69 Å². The maximum atomic E-state index is 12.1. The van der Waals surface area contributed by atoms with E-state index in [0.29, 0.717) is 24.1 Å². The molecule has 2 fully saturated rings. The molecule has 2 aliphatic rings. The van der Waals surface area contributed by atoms with Gasteiger partial charge in [-0.15, -0.1) is 11.3 Å². The molecule has 0 radical (unpaired) electrons. The van der Waals surface area contributed by atoms with Crippen LogP contribution in [0, 0.1) is 18.8 Å². The van der Waals surface area contributed by atoms with E-state index in [0.717, 1.165) is 37.6 Å². The molecule has 7 heteroatoms. The molecule has 0 spiro atoms. The molecule has 2 aliphatic heterocycles. The average Bonchev–Trinajstić information content (AvgIpc) is 3.30. The highest BCUT2D eigenvalue weighted by Crippen LogP contribution is 2.33. The second-order valence-electron chi connectivity index (χ2n) is 6.84. The number of nitrogens with zero attached hydrogens (tertiary/aromatic N) is 3. The van der Waals surface area contributed by atoms with Crippen molar-refractivity contribution in [2.75, 3.05) is 26.2 Å². The fourth-order valence-electron chi connectivity index (χ4n) is 3.77. The van der Waals surface area contributed by atoms with E-state index in [1.807, 2.05) is 13.0 Å². The van der Waals surface area contributed by atoms with E-state index in [4.69, 9.17) is 4.74 Å². The third-order valence-corrected chi connectivity index (χ3v) is 5.62. The van der Waals surface area contributed by atoms with Gasteiger partial charge in [0.15, 0.2) is 0 Å². The SMILES string of the molecule is Cc1cccc(CN2C[C@H]3[C@@H](CNC(=O)c4cscn4)CO[C@H]3C2)n1. The fraction of sp³-hybridized carbons (Fsp3) is 0.500. The molecule has 1 N–H and O–H groups in total. The Morgan fingerprint density at radius 1 is 1.44 bits per heavy atom. The molecule has 2 aromatic heterocycles. The standard InChI is InChI=1S/C18H22N4O2S/c1-12-3-2-4-14(21-12)6-22-7-15-13(9-24-17(15)8-22)5-19-18(23)16-10-25-11-20-16/h2-4,10-11,13,15,17H,5-9H2,1H3,(H,19,23)/t13-,15-,17-/m0/s1. The molecule has 4 heterocycles. The molecular weight excluding hydrogens is 336 g/mol. The van der Waals surface area contributed by atoms with Gasteiger partial charge in [-0.1, -0.05) is 6.07 Å². The summed E-state index contributed by atoms with van der Waals surface area (Å²) in [5.74, 6) is 0.743. The summed E-state index contributed by atoms with van der Waals surface area (Å²) in [6.07, 6.45) is 0.269. The molecule has 4 rings (SSSR count). The first-order chi connectivity index (χ1) is 12.2. The molecule has 0 aromatic carbocycles. The zero-order valence-electron chi connectivity index (χ0n) is 14.2. The van der Waals surface area contributed by atoms with Crippen LogP contribution in [-0.2, 0) is 11.3 Å². The number of aryl methyl sites for hydroxylation is 1. The summed E-state index contributed by atoms with van der Waals surface area (Å²) in [5, 5.41) is 4.78. The maximum Gasteiger partial charge on any atom is 0.270 e. The number of carbonyl (C=O) groups is 1. The predicted octanol–water partition coefficient (Wildman–Crippen LogP) is 1.72. The Labute approximate surface area is 151 Å². The Bertz CT molecular complexity index is 736. The number of rotatable bonds is 5. The minimum Gasteiger partial charge on any atom is -0.376 e. The van der Waals surface area contributed by atoms with Crippen LogP contribution in [0.3, 0.4) is 0 Å². The van der Waals surface area contributed by atoms with Gasteiger partial charge in [-0.25, -0.2) is 4.98 Å². The van der Waals surface area contributed by atoms with E-state index in [2.05, 4.69) is 32.3 Å².